The Morgan fingerprint density at radius 2 is 1.78 bits per heavy atom. The number of para-hydroxylation sites is 1. The highest BCUT2D eigenvalue weighted by Crippen LogP contribution is 2.65. The van der Waals surface area contributed by atoms with Crippen LogP contribution in [-0.2, 0) is 21.7 Å². The number of rotatable bonds is 4. The van der Waals surface area contributed by atoms with Crippen molar-refractivity contribution in [3.05, 3.63) is 94.5 Å². The average Bonchev–Trinajstić information content (AvgIpc) is 3.45. The number of likely N-dealkylation sites (tertiary alicyclic amines) is 1. The number of anilines is 1. The summed E-state index contributed by atoms with van der Waals surface area (Å²) in [5.41, 5.74) is 2.17. The molecule has 3 atom stereocenters. The third-order valence-electron chi connectivity index (χ3n) is 7.75. The number of likely N-dealkylation sites (N-methyl/N-ethyl adjacent to an activating group) is 1. The molecule has 6 rings (SSSR count). The van der Waals surface area contributed by atoms with Crippen LogP contribution in [0.3, 0.4) is 0 Å². The maximum absolute atomic E-state index is 14.7. The fourth-order valence-electron chi connectivity index (χ4n) is 6.12. The SMILES string of the molecule is COc1ccc(CN2C(=O)[C@@]3(SC2=S)[C@@H](c2ccc(Cl)cc2)CN(C)[C@@]32C(=O)Nc3ccccc32)cc1. The monoisotopic (exact) mass is 549 g/mol. The summed E-state index contributed by atoms with van der Waals surface area (Å²) in [5, 5.41) is 3.68. The molecule has 3 heterocycles. The topological polar surface area (TPSA) is 61.9 Å². The molecule has 0 radical (unpaired) electrons. The summed E-state index contributed by atoms with van der Waals surface area (Å²) >= 11 is 13.4. The maximum atomic E-state index is 14.7. The number of hydrogen-bond acceptors (Lipinski definition) is 6. The number of halogens is 1. The van der Waals surface area contributed by atoms with Crippen molar-refractivity contribution in [1.82, 2.24) is 9.80 Å². The molecule has 188 valence electrons. The largest absolute Gasteiger partial charge is 0.497 e. The van der Waals surface area contributed by atoms with E-state index in [2.05, 4.69) is 5.32 Å². The van der Waals surface area contributed by atoms with E-state index in [9.17, 15) is 9.59 Å². The molecule has 6 nitrogen and oxygen atoms in total. The summed E-state index contributed by atoms with van der Waals surface area (Å²) < 4.78 is 4.55. The van der Waals surface area contributed by atoms with Gasteiger partial charge in [-0.3, -0.25) is 19.4 Å². The van der Waals surface area contributed by atoms with Gasteiger partial charge in [0.15, 0.2) is 5.54 Å². The molecule has 2 saturated heterocycles. The molecule has 9 heteroatoms. The summed E-state index contributed by atoms with van der Waals surface area (Å²) in [6, 6.07) is 22.8. The van der Waals surface area contributed by atoms with Crippen molar-refractivity contribution in [1.29, 1.82) is 0 Å². The van der Waals surface area contributed by atoms with Gasteiger partial charge in [-0.2, -0.15) is 0 Å². The third-order valence-corrected chi connectivity index (χ3v) is 9.95. The number of ether oxygens (including phenoxy) is 1. The Balaban J connectivity index is 1.52. The van der Waals surface area contributed by atoms with E-state index in [0.717, 1.165) is 28.1 Å². The molecule has 37 heavy (non-hydrogen) atoms. The van der Waals surface area contributed by atoms with E-state index < -0.39 is 10.3 Å². The number of nitrogens with one attached hydrogen (secondary N) is 1. The van der Waals surface area contributed by atoms with Crippen LogP contribution in [0, 0.1) is 0 Å². The lowest BCUT2D eigenvalue weighted by molar-refractivity contribution is -0.138. The number of fused-ring (bicyclic) bond motifs is 3. The predicted octanol–water partition coefficient (Wildman–Crippen LogP) is 5.02. The van der Waals surface area contributed by atoms with Crippen molar-refractivity contribution < 1.29 is 14.3 Å². The van der Waals surface area contributed by atoms with Crippen LogP contribution in [0.2, 0.25) is 5.02 Å². The van der Waals surface area contributed by atoms with Gasteiger partial charge >= 0.3 is 0 Å². The molecule has 3 aliphatic heterocycles. The normalized spacial score (nSPS) is 26.8. The standard InChI is InChI=1S/C28H24ClN3O3S2/c1-31-16-22(18-9-11-19(29)12-10-18)28(27(31)21-5-3-4-6-23(21)30-24(27)33)25(34)32(26(36)37-28)15-17-7-13-20(35-2)14-8-17/h3-14,22H,15-16H2,1-2H3,(H,30,33)/t22-,27+,28+/m1/s1. The van der Waals surface area contributed by atoms with Crippen LogP contribution >= 0.6 is 35.6 Å². The summed E-state index contributed by atoms with van der Waals surface area (Å²) in [7, 11) is 3.54. The number of amides is 2. The second-order valence-corrected chi connectivity index (χ2v) is 11.9. The van der Waals surface area contributed by atoms with Gasteiger partial charge in [0.05, 0.1) is 13.7 Å². The summed E-state index contributed by atoms with van der Waals surface area (Å²) in [5.74, 6) is 0.0726. The number of thioether (sulfide) groups is 1. The van der Waals surface area contributed by atoms with Crippen molar-refractivity contribution in [2.75, 3.05) is 26.0 Å². The summed E-state index contributed by atoms with van der Waals surface area (Å²) in [4.78, 5) is 32.4. The molecule has 3 aromatic carbocycles. The Morgan fingerprint density at radius 1 is 1.08 bits per heavy atom. The highest BCUT2D eigenvalue weighted by molar-refractivity contribution is 8.25. The number of hydrogen-bond donors (Lipinski definition) is 1. The molecule has 3 aromatic rings. The quantitative estimate of drug-likeness (QED) is 0.461. The van der Waals surface area contributed by atoms with Crippen molar-refractivity contribution in [2.45, 2.75) is 22.7 Å². The first kappa shape index (κ1) is 24.4. The molecule has 0 aromatic heterocycles. The lowest BCUT2D eigenvalue weighted by atomic mass is 9.72. The first-order valence-corrected chi connectivity index (χ1v) is 13.5. The Kier molecular flexibility index (Phi) is 5.84. The fourth-order valence-corrected chi connectivity index (χ4v) is 8.38. The van der Waals surface area contributed by atoms with E-state index in [0.29, 0.717) is 22.4 Å². The highest BCUT2D eigenvalue weighted by atomic mass is 35.5. The van der Waals surface area contributed by atoms with Crippen molar-refractivity contribution in [3.8, 4) is 5.75 Å². The van der Waals surface area contributed by atoms with Gasteiger partial charge in [-0.15, -0.1) is 0 Å². The second kappa shape index (κ2) is 8.84. The Morgan fingerprint density at radius 3 is 2.49 bits per heavy atom. The molecule has 0 unspecified atom stereocenters. The van der Waals surface area contributed by atoms with Gasteiger partial charge in [0, 0.05) is 28.7 Å². The molecule has 0 bridgehead atoms. The maximum Gasteiger partial charge on any atom is 0.251 e. The Labute approximate surface area is 229 Å². The van der Waals surface area contributed by atoms with Gasteiger partial charge in [0.2, 0.25) is 5.91 Å². The number of thiocarbonyl (C=S) groups is 1. The zero-order valence-electron chi connectivity index (χ0n) is 20.2. The van der Waals surface area contributed by atoms with E-state index in [1.165, 1.54) is 11.8 Å². The van der Waals surface area contributed by atoms with Gasteiger partial charge in [-0.25, -0.2) is 0 Å². The van der Waals surface area contributed by atoms with E-state index in [-0.39, 0.29) is 17.7 Å². The lowest BCUT2D eigenvalue weighted by Gasteiger charge is -2.41. The van der Waals surface area contributed by atoms with Crippen LogP contribution in [0.15, 0.2) is 72.8 Å². The molecular weight excluding hydrogens is 526 g/mol. The van der Waals surface area contributed by atoms with Gasteiger partial charge in [0.25, 0.3) is 5.91 Å². The molecule has 3 aliphatic rings. The first-order valence-electron chi connectivity index (χ1n) is 11.9. The Bertz CT molecular complexity index is 1430. The smallest absolute Gasteiger partial charge is 0.251 e. The van der Waals surface area contributed by atoms with Gasteiger partial charge < -0.3 is 10.1 Å². The summed E-state index contributed by atoms with van der Waals surface area (Å²) in [6.45, 7) is 0.813. The molecular formula is C28H24ClN3O3S2. The van der Waals surface area contributed by atoms with Crippen LogP contribution in [0.1, 0.15) is 22.6 Å². The van der Waals surface area contributed by atoms with E-state index in [1.54, 1.807) is 12.0 Å². The molecule has 0 saturated carbocycles. The van der Waals surface area contributed by atoms with E-state index in [4.69, 9.17) is 28.6 Å². The van der Waals surface area contributed by atoms with Crippen molar-refractivity contribution >= 4 is 57.4 Å². The molecule has 2 fully saturated rings. The zero-order chi connectivity index (χ0) is 25.9. The lowest BCUT2D eigenvalue weighted by Crippen LogP contribution is -2.61. The minimum absolute atomic E-state index is 0.158. The Hall–Kier alpha value is -2.91. The van der Waals surface area contributed by atoms with Gasteiger partial charge in [-0.1, -0.05) is 78.0 Å². The van der Waals surface area contributed by atoms with Crippen LogP contribution in [-0.4, -0.2) is 51.4 Å². The summed E-state index contributed by atoms with van der Waals surface area (Å²) in [6.07, 6.45) is 0. The van der Waals surface area contributed by atoms with E-state index >= 15 is 0 Å². The minimum atomic E-state index is -1.23. The molecule has 0 aliphatic carbocycles. The number of benzene rings is 3. The second-order valence-electron chi connectivity index (χ2n) is 9.54. The number of carbonyl (C=O) groups is 2. The van der Waals surface area contributed by atoms with Crippen molar-refractivity contribution in [2.24, 2.45) is 0 Å². The molecule has 2 amide bonds. The minimum Gasteiger partial charge on any atom is -0.497 e. The first-order chi connectivity index (χ1) is 17.8. The molecule has 1 N–H and O–H groups in total. The van der Waals surface area contributed by atoms with Crippen LogP contribution in [0.4, 0.5) is 5.69 Å². The number of methoxy groups -OCH3 is 1. The van der Waals surface area contributed by atoms with E-state index in [1.807, 2.05) is 84.7 Å². The number of nitrogens with zero attached hydrogens (tertiary/aromatic N) is 2. The number of carbonyl (C=O) groups excluding carboxylic acids is 2. The fraction of sp³-hybridized carbons (Fsp3) is 0.250. The van der Waals surface area contributed by atoms with Crippen LogP contribution in [0.25, 0.3) is 0 Å². The predicted molar refractivity (Wildman–Crippen MR) is 150 cm³/mol. The third kappa shape index (κ3) is 3.32. The average molecular weight is 550 g/mol. The van der Waals surface area contributed by atoms with Crippen LogP contribution in [0.5, 0.6) is 5.75 Å². The van der Waals surface area contributed by atoms with Gasteiger partial charge in [0.1, 0.15) is 14.8 Å². The molecule has 2 spiro atoms. The van der Waals surface area contributed by atoms with Gasteiger partial charge in [-0.05, 0) is 48.5 Å². The van der Waals surface area contributed by atoms with Crippen molar-refractivity contribution in [3.63, 3.8) is 0 Å². The highest BCUT2D eigenvalue weighted by Gasteiger charge is 2.77. The van der Waals surface area contributed by atoms with Crippen LogP contribution < -0.4 is 10.1 Å². The zero-order valence-corrected chi connectivity index (χ0v) is 22.6.